The van der Waals surface area contributed by atoms with E-state index in [4.69, 9.17) is 4.74 Å². The molecule has 1 saturated heterocycles. The van der Waals surface area contributed by atoms with Crippen LogP contribution in [0.5, 0.6) is 5.75 Å². The van der Waals surface area contributed by atoms with Crippen molar-refractivity contribution >= 4 is 15.9 Å². The minimum atomic E-state index is 0.520. The molecule has 1 heterocycles. The van der Waals surface area contributed by atoms with Gasteiger partial charge < -0.3 is 10.1 Å². The van der Waals surface area contributed by atoms with Crippen LogP contribution in [0.3, 0.4) is 0 Å². The molecule has 0 bridgehead atoms. The van der Waals surface area contributed by atoms with Crippen LogP contribution in [0.4, 0.5) is 0 Å². The van der Waals surface area contributed by atoms with Gasteiger partial charge in [0.1, 0.15) is 5.75 Å². The van der Waals surface area contributed by atoms with Crippen LogP contribution in [0.25, 0.3) is 0 Å². The Hall–Kier alpha value is -0.540. The van der Waals surface area contributed by atoms with Crippen LogP contribution in [0.2, 0.25) is 0 Å². The summed E-state index contributed by atoms with van der Waals surface area (Å²) in [6.45, 7) is 2.01. The van der Waals surface area contributed by atoms with Gasteiger partial charge in [0.2, 0.25) is 0 Å². The smallest absolute Gasteiger partial charge is 0.133 e. The van der Waals surface area contributed by atoms with Gasteiger partial charge in [0.05, 0.1) is 11.1 Å². The van der Waals surface area contributed by atoms with Gasteiger partial charge in [-0.3, -0.25) is 0 Å². The summed E-state index contributed by atoms with van der Waals surface area (Å²) in [6, 6.07) is 7.01. The number of nitrogens with one attached hydrogen (secondary N) is 1. The summed E-state index contributed by atoms with van der Waals surface area (Å²) in [7, 11) is 0. The van der Waals surface area contributed by atoms with E-state index in [9.17, 15) is 0 Å². The SMILES string of the molecule is Brc1ccc(C2CCCN2)cc1OCC1CC1. The van der Waals surface area contributed by atoms with Crippen LogP contribution in [0.15, 0.2) is 22.7 Å². The molecule has 92 valence electrons. The molecule has 0 radical (unpaired) electrons. The molecule has 1 atom stereocenters. The Morgan fingerprint density at radius 2 is 2.18 bits per heavy atom. The number of halogens is 1. The van der Waals surface area contributed by atoms with Crippen LogP contribution in [-0.2, 0) is 0 Å². The highest BCUT2D eigenvalue weighted by Crippen LogP contribution is 2.34. The van der Waals surface area contributed by atoms with E-state index in [0.29, 0.717) is 6.04 Å². The predicted molar refractivity (Wildman–Crippen MR) is 72.3 cm³/mol. The monoisotopic (exact) mass is 295 g/mol. The van der Waals surface area contributed by atoms with Crippen molar-refractivity contribution in [2.45, 2.75) is 31.7 Å². The molecule has 0 aromatic heterocycles. The minimum Gasteiger partial charge on any atom is -0.492 e. The highest BCUT2D eigenvalue weighted by atomic mass is 79.9. The lowest BCUT2D eigenvalue weighted by Gasteiger charge is -2.14. The molecular formula is C14H18BrNO. The van der Waals surface area contributed by atoms with Crippen molar-refractivity contribution in [3.05, 3.63) is 28.2 Å². The highest BCUT2D eigenvalue weighted by molar-refractivity contribution is 9.10. The van der Waals surface area contributed by atoms with Crippen molar-refractivity contribution in [1.82, 2.24) is 5.32 Å². The number of rotatable bonds is 4. The Morgan fingerprint density at radius 3 is 2.88 bits per heavy atom. The van der Waals surface area contributed by atoms with Gasteiger partial charge in [0.15, 0.2) is 0 Å². The summed E-state index contributed by atoms with van der Waals surface area (Å²) >= 11 is 3.56. The zero-order chi connectivity index (χ0) is 11.7. The highest BCUT2D eigenvalue weighted by Gasteiger charge is 2.23. The first-order chi connectivity index (χ1) is 8.33. The number of hydrogen-bond donors (Lipinski definition) is 1. The Morgan fingerprint density at radius 1 is 1.29 bits per heavy atom. The molecule has 3 heteroatoms. The Labute approximate surface area is 111 Å². The van der Waals surface area contributed by atoms with Gasteiger partial charge in [-0.1, -0.05) is 6.07 Å². The minimum absolute atomic E-state index is 0.520. The normalized spacial score (nSPS) is 23.9. The summed E-state index contributed by atoms with van der Waals surface area (Å²) in [5.41, 5.74) is 1.36. The predicted octanol–water partition coefficient (Wildman–Crippen LogP) is 3.66. The molecule has 1 aromatic rings. The molecule has 1 N–H and O–H groups in total. The fourth-order valence-electron chi connectivity index (χ4n) is 2.31. The fraction of sp³-hybridized carbons (Fsp3) is 0.571. The Bertz CT molecular complexity index is 397. The first-order valence-corrected chi connectivity index (χ1v) is 7.28. The third-order valence-electron chi connectivity index (χ3n) is 3.59. The Kier molecular flexibility index (Phi) is 3.39. The third kappa shape index (κ3) is 2.83. The van der Waals surface area contributed by atoms with Crippen molar-refractivity contribution in [2.75, 3.05) is 13.2 Å². The molecule has 2 aliphatic rings. The van der Waals surface area contributed by atoms with E-state index < -0.39 is 0 Å². The van der Waals surface area contributed by atoms with E-state index in [1.54, 1.807) is 0 Å². The van der Waals surface area contributed by atoms with Crippen LogP contribution in [0, 0.1) is 5.92 Å². The second-order valence-corrected chi connectivity index (χ2v) is 5.95. The Balaban J connectivity index is 1.73. The van der Waals surface area contributed by atoms with Crippen LogP contribution in [-0.4, -0.2) is 13.2 Å². The number of ether oxygens (including phenoxy) is 1. The van der Waals surface area contributed by atoms with E-state index in [2.05, 4.69) is 39.4 Å². The maximum Gasteiger partial charge on any atom is 0.133 e. The molecule has 17 heavy (non-hydrogen) atoms. The summed E-state index contributed by atoms with van der Waals surface area (Å²) in [5.74, 6) is 1.80. The van der Waals surface area contributed by atoms with E-state index >= 15 is 0 Å². The van der Waals surface area contributed by atoms with Gasteiger partial charge in [-0.15, -0.1) is 0 Å². The molecule has 2 nitrogen and oxygen atoms in total. The van der Waals surface area contributed by atoms with Crippen molar-refractivity contribution < 1.29 is 4.74 Å². The maximum atomic E-state index is 5.89. The van der Waals surface area contributed by atoms with Crippen LogP contribution < -0.4 is 10.1 Å². The second kappa shape index (κ2) is 4.99. The van der Waals surface area contributed by atoms with Gasteiger partial charge in [-0.25, -0.2) is 0 Å². The van der Waals surface area contributed by atoms with Crippen molar-refractivity contribution in [2.24, 2.45) is 5.92 Å². The van der Waals surface area contributed by atoms with Crippen molar-refractivity contribution in [3.8, 4) is 5.75 Å². The molecular weight excluding hydrogens is 278 g/mol. The fourth-order valence-corrected chi connectivity index (χ4v) is 2.67. The summed E-state index contributed by atoms with van der Waals surface area (Å²) in [5, 5.41) is 3.53. The molecule has 2 fully saturated rings. The molecule has 1 aromatic carbocycles. The zero-order valence-electron chi connectivity index (χ0n) is 9.92. The lowest BCUT2D eigenvalue weighted by Crippen LogP contribution is -2.13. The first-order valence-electron chi connectivity index (χ1n) is 6.48. The van der Waals surface area contributed by atoms with E-state index in [1.807, 2.05) is 0 Å². The molecule has 0 spiro atoms. The summed E-state index contributed by atoms with van der Waals surface area (Å²) in [6.07, 6.45) is 5.19. The second-order valence-electron chi connectivity index (χ2n) is 5.09. The quantitative estimate of drug-likeness (QED) is 0.915. The summed E-state index contributed by atoms with van der Waals surface area (Å²) in [4.78, 5) is 0. The zero-order valence-corrected chi connectivity index (χ0v) is 11.5. The number of benzene rings is 1. The topological polar surface area (TPSA) is 21.3 Å². The average Bonchev–Trinajstić information content (AvgIpc) is 3.00. The van der Waals surface area contributed by atoms with E-state index in [-0.39, 0.29) is 0 Å². The van der Waals surface area contributed by atoms with Gasteiger partial charge in [0.25, 0.3) is 0 Å². The maximum absolute atomic E-state index is 5.89. The van der Waals surface area contributed by atoms with E-state index in [0.717, 1.165) is 29.3 Å². The lowest BCUT2D eigenvalue weighted by molar-refractivity contribution is 0.297. The molecule has 0 amide bonds. The average molecular weight is 296 g/mol. The molecule has 1 aliphatic carbocycles. The lowest BCUT2D eigenvalue weighted by atomic mass is 10.1. The standard InChI is InChI=1S/C14H18BrNO/c15-12-6-5-11(13-2-1-7-16-13)8-14(12)17-9-10-3-4-10/h5-6,8,10,13,16H,1-4,7,9H2. The van der Waals surface area contributed by atoms with Crippen molar-refractivity contribution in [1.29, 1.82) is 0 Å². The largest absolute Gasteiger partial charge is 0.492 e. The van der Waals surface area contributed by atoms with Gasteiger partial charge in [-0.2, -0.15) is 0 Å². The van der Waals surface area contributed by atoms with Crippen molar-refractivity contribution in [3.63, 3.8) is 0 Å². The first kappa shape index (κ1) is 11.5. The van der Waals surface area contributed by atoms with E-state index in [1.165, 1.54) is 31.2 Å². The summed E-state index contributed by atoms with van der Waals surface area (Å²) < 4.78 is 6.96. The van der Waals surface area contributed by atoms with Gasteiger partial charge in [0, 0.05) is 6.04 Å². The molecule has 1 saturated carbocycles. The van der Waals surface area contributed by atoms with Crippen LogP contribution >= 0.6 is 15.9 Å². The molecule has 1 unspecified atom stereocenters. The van der Waals surface area contributed by atoms with Gasteiger partial charge >= 0.3 is 0 Å². The molecule has 1 aliphatic heterocycles. The van der Waals surface area contributed by atoms with Gasteiger partial charge in [-0.05, 0) is 71.8 Å². The molecule has 3 rings (SSSR count). The third-order valence-corrected chi connectivity index (χ3v) is 4.24. The number of hydrogen-bond acceptors (Lipinski definition) is 2. The van der Waals surface area contributed by atoms with Crippen LogP contribution in [0.1, 0.15) is 37.3 Å².